The minimum atomic E-state index is -1.65. The van der Waals surface area contributed by atoms with Gasteiger partial charge in [0.1, 0.15) is 11.3 Å². The Hall–Kier alpha value is -2.83. The maximum absolute atomic E-state index is 13.0. The number of carbonyl (C=O) groups excluding carboxylic acids is 3. The van der Waals surface area contributed by atoms with Crippen LogP contribution >= 0.6 is 0 Å². The van der Waals surface area contributed by atoms with Crippen molar-refractivity contribution in [2.75, 3.05) is 13.7 Å². The summed E-state index contributed by atoms with van der Waals surface area (Å²) in [6, 6.07) is 1.70. The fraction of sp³-hybridized carbons (Fsp3) is 0.312. The standard InChI is InChI=1S/C16H13NO6/c1-21-14(19)12-13-10-4-6-22-11(10)2-5-17(13)15(20)16(12)8-9(18)3-7-23-16/h3-4,6-7H,2,5,8H2,1H3. The molecule has 23 heavy (non-hydrogen) atoms. The maximum atomic E-state index is 13.0. The van der Waals surface area contributed by atoms with Crippen molar-refractivity contribution in [1.29, 1.82) is 0 Å². The van der Waals surface area contributed by atoms with Crippen LogP contribution in [-0.4, -0.2) is 41.8 Å². The van der Waals surface area contributed by atoms with Crippen LogP contribution in [-0.2, 0) is 30.3 Å². The number of furan rings is 1. The Morgan fingerprint density at radius 2 is 2.22 bits per heavy atom. The molecule has 0 saturated carbocycles. The number of methoxy groups -OCH3 is 1. The molecule has 0 saturated heterocycles. The van der Waals surface area contributed by atoms with E-state index in [2.05, 4.69) is 0 Å². The lowest BCUT2D eigenvalue weighted by Gasteiger charge is -2.30. The first kappa shape index (κ1) is 13.8. The van der Waals surface area contributed by atoms with Gasteiger partial charge in [-0.1, -0.05) is 0 Å². The van der Waals surface area contributed by atoms with E-state index in [0.717, 1.165) is 0 Å². The molecule has 0 aliphatic carbocycles. The number of fused-ring (bicyclic) bond motifs is 3. The molecule has 1 atom stereocenters. The zero-order chi connectivity index (χ0) is 16.2. The molecule has 0 fully saturated rings. The van der Waals surface area contributed by atoms with Crippen LogP contribution in [0.1, 0.15) is 17.7 Å². The van der Waals surface area contributed by atoms with Gasteiger partial charge in [-0.05, 0) is 6.07 Å². The molecule has 0 N–H and O–H groups in total. The van der Waals surface area contributed by atoms with Gasteiger partial charge in [-0.2, -0.15) is 0 Å². The van der Waals surface area contributed by atoms with Crippen LogP contribution in [0.2, 0.25) is 0 Å². The Bertz CT molecular complexity index is 801. The molecule has 4 heterocycles. The minimum Gasteiger partial charge on any atom is -0.479 e. The van der Waals surface area contributed by atoms with Crippen LogP contribution < -0.4 is 0 Å². The number of ether oxygens (including phenoxy) is 2. The molecule has 0 bridgehead atoms. The number of rotatable bonds is 1. The SMILES string of the molecule is COC(=O)C1=C2c3ccoc3CCN2C(=O)C12CC(=O)C=CO2. The van der Waals surface area contributed by atoms with Gasteiger partial charge >= 0.3 is 5.97 Å². The molecule has 3 aliphatic rings. The number of ketones is 1. The van der Waals surface area contributed by atoms with Gasteiger partial charge < -0.3 is 18.8 Å². The summed E-state index contributed by atoms with van der Waals surface area (Å²) < 4.78 is 15.8. The fourth-order valence-electron chi connectivity index (χ4n) is 3.41. The van der Waals surface area contributed by atoms with Crippen molar-refractivity contribution in [2.24, 2.45) is 0 Å². The highest BCUT2D eigenvalue weighted by Crippen LogP contribution is 2.47. The van der Waals surface area contributed by atoms with Gasteiger partial charge in [-0.25, -0.2) is 4.79 Å². The second-order valence-electron chi connectivity index (χ2n) is 5.57. The lowest BCUT2D eigenvalue weighted by atomic mass is 9.86. The topological polar surface area (TPSA) is 86.0 Å². The highest BCUT2D eigenvalue weighted by atomic mass is 16.5. The van der Waals surface area contributed by atoms with E-state index < -0.39 is 17.5 Å². The predicted octanol–water partition coefficient (Wildman–Crippen LogP) is 0.804. The zero-order valence-electron chi connectivity index (χ0n) is 12.3. The van der Waals surface area contributed by atoms with E-state index in [1.54, 1.807) is 6.07 Å². The highest BCUT2D eigenvalue weighted by molar-refractivity contribution is 6.17. The molecule has 118 valence electrons. The van der Waals surface area contributed by atoms with Crippen molar-refractivity contribution in [3.8, 4) is 0 Å². The smallest absolute Gasteiger partial charge is 0.340 e. The van der Waals surface area contributed by atoms with Crippen molar-refractivity contribution in [1.82, 2.24) is 4.90 Å². The number of nitrogens with zero attached hydrogens (tertiary/aromatic N) is 1. The number of carbonyl (C=O) groups is 3. The normalized spacial score (nSPS) is 25.5. The van der Waals surface area contributed by atoms with Crippen LogP contribution in [0.4, 0.5) is 0 Å². The van der Waals surface area contributed by atoms with Gasteiger partial charge in [-0.15, -0.1) is 0 Å². The highest BCUT2D eigenvalue weighted by Gasteiger charge is 2.60. The largest absolute Gasteiger partial charge is 0.479 e. The molecule has 1 aromatic heterocycles. The Morgan fingerprint density at radius 3 is 2.96 bits per heavy atom. The molecule has 0 aromatic carbocycles. The molecule has 3 aliphatic heterocycles. The molecule has 1 amide bonds. The molecule has 1 unspecified atom stereocenters. The maximum Gasteiger partial charge on any atom is 0.340 e. The summed E-state index contributed by atoms with van der Waals surface area (Å²) in [5.41, 5.74) is -0.509. The summed E-state index contributed by atoms with van der Waals surface area (Å²) in [5, 5.41) is 0. The van der Waals surface area contributed by atoms with Crippen LogP contribution in [0.3, 0.4) is 0 Å². The third-order valence-corrected chi connectivity index (χ3v) is 4.40. The van der Waals surface area contributed by atoms with E-state index in [1.165, 1.54) is 30.6 Å². The van der Waals surface area contributed by atoms with Crippen molar-refractivity contribution in [3.05, 3.63) is 41.6 Å². The first-order valence-corrected chi connectivity index (χ1v) is 7.17. The lowest BCUT2D eigenvalue weighted by molar-refractivity contribution is -0.151. The average Bonchev–Trinajstić information content (AvgIpc) is 3.10. The van der Waals surface area contributed by atoms with Crippen molar-refractivity contribution in [2.45, 2.75) is 18.4 Å². The average molecular weight is 315 g/mol. The molecule has 4 rings (SSSR count). The summed E-state index contributed by atoms with van der Waals surface area (Å²) in [5.74, 6) is -0.690. The second-order valence-corrected chi connectivity index (χ2v) is 5.57. The van der Waals surface area contributed by atoms with E-state index in [4.69, 9.17) is 13.9 Å². The zero-order valence-corrected chi connectivity index (χ0v) is 12.3. The van der Waals surface area contributed by atoms with Crippen LogP contribution in [0.5, 0.6) is 0 Å². The van der Waals surface area contributed by atoms with Crippen LogP contribution in [0.25, 0.3) is 5.70 Å². The van der Waals surface area contributed by atoms with Gasteiger partial charge in [0.15, 0.2) is 5.78 Å². The quantitative estimate of drug-likeness (QED) is 0.713. The van der Waals surface area contributed by atoms with Crippen molar-refractivity contribution in [3.63, 3.8) is 0 Å². The number of amides is 1. The van der Waals surface area contributed by atoms with E-state index in [9.17, 15) is 14.4 Å². The van der Waals surface area contributed by atoms with Gasteiger partial charge in [-0.3, -0.25) is 9.59 Å². The van der Waals surface area contributed by atoms with E-state index >= 15 is 0 Å². The number of hydrogen-bond donors (Lipinski definition) is 0. The third kappa shape index (κ3) is 1.67. The third-order valence-electron chi connectivity index (χ3n) is 4.40. The number of hydrogen-bond acceptors (Lipinski definition) is 6. The van der Waals surface area contributed by atoms with Crippen molar-refractivity contribution < 1.29 is 28.3 Å². The summed E-state index contributed by atoms with van der Waals surface area (Å²) in [6.07, 6.45) is 4.24. The predicted molar refractivity (Wildman–Crippen MR) is 75.6 cm³/mol. The number of esters is 1. The summed E-state index contributed by atoms with van der Waals surface area (Å²) in [7, 11) is 1.23. The summed E-state index contributed by atoms with van der Waals surface area (Å²) in [4.78, 5) is 38.8. The van der Waals surface area contributed by atoms with Gasteiger partial charge in [0.05, 0.1) is 31.8 Å². The molecule has 0 radical (unpaired) electrons. The molecule has 1 aromatic rings. The van der Waals surface area contributed by atoms with Crippen LogP contribution in [0, 0.1) is 0 Å². The summed E-state index contributed by atoms with van der Waals surface area (Å²) in [6.45, 7) is 0.359. The lowest BCUT2D eigenvalue weighted by Crippen LogP contribution is -2.49. The van der Waals surface area contributed by atoms with E-state index in [-0.39, 0.29) is 17.8 Å². The van der Waals surface area contributed by atoms with Crippen LogP contribution in [0.15, 0.2) is 34.7 Å². The molecule has 7 nitrogen and oxygen atoms in total. The van der Waals surface area contributed by atoms with Gasteiger partial charge in [0.25, 0.3) is 5.91 Å². The Labute approximate surface area is 131 Å². The molecular weight excluding hydrogens is 302 g/mol. The first-order chi connectivity index (χ1) is 11.1. The summed E-state index contributed by atoms with van der Waals surface area (Å²) >= 11 is 0. The Balaban J connectivity index is 1.99. The second kappa shape index (κ2) is 4.58. The Kier molecular flexibility index (Phi) is 2.75. The van der Waals surface area contributed by atoms with Gasteiger partial charge in [0.2, 0.25) is 5.60 Å². The Morgan fingerprint density at radius 1 is 1.39 bits per heavy atom. The molecular formula is C16H13NO6. The monoisotopic (exact) mass is 315 g/mol. The first-order valence-electron chi connectivity index (χ1n) is 7.17. The van der Waals surface area contributed by atoms with E-state index in [1.807, 2.05) is 0 Å². The molecule has 1 spiro atoms. The van der Waals surface area contributed by atoms with Crippen molar-refractivity contribution >= 4 is 23.4 Å². The molecule has 7 heteroatoms. The fourth-order valence-corrected chi connectivity index (χ4v) is 3.41. The van der Waals surface area contributed by atoms with Gasteiger partial charge in [0, 0.05) is 24.6 Å². The van der Waals surface area contributed by atoms with E-state index in [0.29, 0.717) is 30.0 Å². The minimum absolute atomic E-state index is 0.0602. The number of allylic oxidation sites excluding steroid dienone is 1.